The number of hydrogen-bond acceptors (Lipinski definition) is 2. The van der Waals surface area contributed by atoms with E-state index in [1.165, 1.54) is 11.6 Å². The number of nitrogens with two attached hydrogens (primary N) is 1. The first-order chi connectivity index (χ1) is 9.45. The largest absolute Gasteiger partial charge is 0.457 e. The maximum atomic E-state index is 13.5. The van der Waals surface area contributed by atoms with Gasteiger partial charge in [0.2, 0.25) is 0 Å². The maximum absolute atomic E-state index is 13.5. The van der Waals surface area contributed by atoms with Crippen LogP contribution < -0.4 is 10.5 Å². The summed E-state index contributed by atoms with van der Waals surface area (Å²) in [6.07, 6.45) is 0.834. The molecule has 0 heterocycles. The Morgan fingerprint density at radius 1 is 1.10 bits per heavy atom. The number of ether oxygens (including phenoxy) is 1. The van der Waals surface area contributed by atoms with Gasteiger partial charge >= 0.3 is 0 Å². The van der Waals surface area contributed by atoms with Crippen LogP contribution in [0.5, 0.6) is 11.5 Å². The molecule has 0 radical (unpaired) electrons. The molecule has 2 rings (SSSR count). The van der Waals surface area contributed by atoms with Gasteiger partial charge in [0.15, 0.2) is 0 Å². The summed E-state index contributed by atoms with van der Waals surface area (Å²) in [5.41, 5.74) is 8.60. The van der Waals surface area contributed by atoms with Crippen LogP contribution in [0.25, 0.3) is 0 Å². The van der Waals surface area contributed by atoms with Crippen LogP contribution in [0, 0.1) is 19.7 Å². The molecule has 1 unspecified atom stereocenters. The normalized spacial score (nSPS) is 12.2. The van der Waals surface area contributed by atoms with Crippen LogP contribution in [0.4, 0.5) is 4.39 Å². The second-order valence-corrected chi connectivity index (χ2v) is 5.29. The predicted molar refractivity (Wildman–Crippen MR) is 79.7 cm³/mol. The Labute approximate surface area is 119 Å². The molecule has 0 bridgehead atoms. The number of hydrogen-bond donors (Lipinski definition) is 1. The van der Waals surface area contributed by atoms with E-state index in [9.17, 15) is 4.39 Å². The highest BCUT2D eigenvalue weighted by molar-refractivity contribution is 5.40. The Morgan fingerprint density at radius 3 is 2.45 bits per heavy atom. The molecule has 0 amide bonds. The van der Waals surface area contributed by atoms with Gasteiger partial charge in [0.25, 0.3) is 0 Å². The molecule has 1 atom stereocenters. The molecule has 0 aromatic heterocycles. The van der Waals surface area contributed by atoms with E-state index in [4.69, 9.17) is 10.5 Å². The second-order valence-electron chi connectivity index (χ2n) is 5.29. The monoisotopic (exact) mass is 273 g/mol. The standard InChI is InChI=1S/C17H20FNO/c1-11-4-6-15(10-16(11)18)20-17-7-5-14(8-12(17)2)9-13(3)19/h4-8,10,13H,9,19H2,1-3H3. The molecule has 2 aromatic rings. The van der Waals surface area contributed by atoms with Crippen molar-refractivity contribution in [2.75, 3.05) is 0 Å². The van der Waals surface area contributed by atoms with Gasteiger partial charge in [-0.2, -0.15) is 0 Å². The molecule has 106 valence electrons. The molecule has 20 heavy (non-hydrogen) atoms. The Kier molecular flexibility index (Phi) is 4.40. The highest BCUT2D eigenvalue weighted by Crippen LogP contribution is 2.27. The number of benzene rings is 2. The van der Waals surface area contributed by atoms with Crippen molar-refractivity contribution in [2.45, 2.75) is 33.2 Å². The van der Waals surface area contributed by atoms with Gasteiger partial charge in [0.1, 0.15) is 17.3 Å². The third kappa shape index (κ3) is 3.58. The topological polar surface area (TPSA) is 35.2 Å². The zero-order chi connectivity index (χ0) is 14.7. The van der Waals surface area contributed by atoms with E-state index >= 15 is 0 Å². The van der Waals surface area contributed by atoms with Crippen molar-refractivity contribution in [2.24, 2.45) is 5.73 Å². The van der Waals surface area contributed by atoms with Crippen molar-refractivity contribution in [1.29, 1.82) is 0 Å². The van der Waals surface area contributed by atoms with Crippen LogP contribution in [0.2, 0.25) is 0 Å². The zero-order valence-corrected chi connectivity index (χ0v) is 12.1. The molecule has 3 heteroatoms. The van der Waals surface area contributed by atoms with E-state index in [1.807, 2.05) is 26.0 Å². The van der Waals surface area contributed by atoms with Crippen LogP contribution >= 0.6 is 0 Å². The summed E-state index contributed by atoms with van der Waals surface area (Å²) in [7, 11) is 0. The Bertz CT molecular complexity index is 608. The van der Waals surface area contributed by atoms with Crippen molar-refractivity contribution >= 4 is 0 Å². The van der Waals surface area contributed by atoms with Gasteiger partial charge in [-0.25, -0.2) is 4.39 Å². The van der Waals surface area contributed by atoms with Crippen LogP contribution in [0.1, 0.15) is 23.6 Å². The van der Waals surface area contributed by atoms with Crippen LogP contribution in [0.15, 0.2) is 36.4 Å². The molecule has 2 nitrogen and oxygen atoms in total. The van der Waals surface area contributed by atoms with Crippen molar-refractivity contribution in [3.8, 4) is 11.5 Å². The minimum atomic E-state index is -0.256. The van der Waals surface area contributed by atoms with E-state index in [2.05, 4.69) is 6.07 Å². The summed E-state index contributed by atoms with van der Waals surface area (Å²) in [4.78, 5) is 0. The predicted octanol–water partition coefficient (Wildman–Crippen LogP) is 4.12. The van der Waals surface area contributed by atoms with E-state index in [0.717, 1.165) is 17.7 Å². The summed E-state index contributed by atoms with van der Waals surface area (Å²) in [5, 5.41) is 0. The molecule has 2 N–H and O–H groups in total. The molecule has 0 aliphatic heterocycles. The van der Waals surface area contributed by atoms with Crippen molar-refractivity contribution in [3.63, 3.8) is 0 Å². The first-order valence-corrected chi connectivity index (χ1v) is 6.75. The Morgan fingerprint density at radius 2 is 1.85 bits per heavy atom. The van der Waals surface area contributed by atoms with Crippen LogP contribution in [0.3, 0.4) is 0 Å². The SMILES string of the molecule is Cc1ccc(Oc2ccc(CC(C)N)cc2C)cc1F. The fourth-order valence-corrected chi connectivity index (χ4v) is 2.09. The van der Waals surface area contributed by atoms with E-state index in [1.54, 1.807) is 19.1 Å². The quantitative estimate of drug-likeness (QED) is 0.909. The van der Waals surface area contributed by atoms with Crippen molar-refractivity contribution in [3.05, 3.63) is 58.9 Å². The summed E-state index contributed by atoms with van der Waals surface area (Å²) >= 11 is 0. The molecule has 0 spiro atoms. The van der Waals surface area contributed by atoms with Crippen LogP contribution in [-0.2, 0) is 6.42 Å². The molecule has 0 aliphatic carbocycles. The molecule has 0 saturated carbocycles. The zero-order valence-electron chi connectivity index (χ0n) is 12.1. The van der Waals surface area contributed by atoms with E-state index in [-0.39, 0.29) is 11.9 Å². The average molecular weight is 273 g/mol. The fraction of sp³-hybridized carbons (Fsp3) is 0.294. The van der Waals surface area contributed by atoms with Gasteiger partial charge in [-0.1, -0.05) is 18.2 Å². The van der Waals surface area contributed by atoms with Gasteiger partial charge in [-0.15, -0.1) is 0 Å². The molecule has 0 saturated heterocycles. The smallest absolute Gasteiger partial charge is 0.130 e. The lowest BCUT2D eigenvalue weighted by atomic mass is 10.0. The van der Waals surface area contributed by atoms with Gasteiger partial charge in [0.05, 0.1) is 0 Å². The lowest BCUT2D eigenvalue weighted by molar-refractivity contribution is 0.472. The lowest BCUT2D eigenvalue weighted by Crippen LogP contribution is -2.17. The number of rotatable bonds is 4. The Balaban J connectivity index is 2.19. The second kappa shape index (κ2) is 6.06. The van der Waals surface area contributed by atoms with Crippen LogP contribution in [-0.4, -0.2) is 6.04 Å². The summed E-state index contributed by atoms with van der Waals surface area (Å²) in [5.74, 6) is 0.992. The maximum Gasteiger partial charge on any atom is 0.130 e. The minimum Gasteiger partial charge on any atom is -0.457 e. The highest BCUT2D eigenvalue weighted by atomic mass is 19.1. The summed E-state index contributed by atoms with van der Waals surface area (Å²) in [6.45, 7) is 5.69. The van der Waals surface area contributed by atoms with Gasteiger partial charge in [0, 0.05) is 12.1 Å². The third-order valence-electron chi connectivity index (χ3n) is 3.17. The van der Waals surface area contributed by atoms with Crippen molar-refractivity contribution in [1.82, 2.24) is 0 Å². The van der Waals surface area contributed by atoms with Gasteiger partial charge < -0.3 is 10.5 Å². The molecule has 2 aromatic carbocycles. The minimum absolute atomic E-state index is 0.132. The van der Waals surface area contributed by atoms with Gasteiger partial charge in [-0.05, 0) is 56.0 Å². The lowest BCUT2D eigenvalue weighted by Gasteiger charge is -2.12. The first-order valence-electron chi connectivity index (χ1n) is 6.75. The molecule has 0 fully saturated rings. The number of aryl methyl sites for hydroxylation is 2. The van der Waals surface area contributed by atoms with Gasteiger partial charge in [-0.3, -0.25) is 0 Å². The fourth-order valence-electron chi connectivity index (χ4n) is 2.09. The third-order valence-corrected chi connectivity index (χ3v) is 3.17. The number of halogens is 1. The highest BCUT2D eigenvalue weighted by Gasteiger charge is 2.06. The van der Waals surface area contributed by atoms with E-state index in [0.29, 0.717) is 11.3 Å². The van der Waals surface area contributed by atoms with Crippen molar-refractivity contribution < 1.29 is 9.13 Å². The summed E-state index contributed by atoms with van der Waals surface area (Å²) < 4.78 is 19.2. The average Bonchev–Trinajstić information content (AvgIpc) is 2.36. The molecular formula is C17H20FNO. The molecule has 0 aliphatic rings. The summed E-state index contributed by atoms with van der Waals surface area (Å²) in [6, 6.07) is 11.0. The van der Waals surface area contributed by atoms with E-state index < -0.39 is 0 Å². The first kappa shape index (κ1) is 14.5. The molecular weight excluding hydrogens is 253 g/mol. The Hall–Kier alpha value is -1.87.